The van der Waals surface area contributed by atoms with Crippen molar-refractivity contribution < 1.29 is 0 Å². The van der Waals surface area contributed by atoms with Gasteiger partial charge in [0.2, 0.25) is 5.13 Å². The molecular formula is C8H10N2S2. The van der Waals surface area contributed by atoms with E-state index in [1.54, 1.807) is 0 Å². The van der Waals surface area contributed by atoms with Gasteiger partial charge in [-0.3, -0.25) is 0 Å². The first-order chi connectivity index (χ1) is 5.86. The molecule has 2 nitrogen and oxygen atoms in total. The van der Waals surface area contributed by atoms with Crippen molar-refractivity contribution in [3.8, 4) is 0 Å². The second-order valence-electron chi connectivity index (χ2n) is 2.43. The van der Waals surface area contributed by atoms with Gasteiger partial charge < -0.3 is 0 Å². The molecule has 4 heteroatoms. The number of aromatic nitrogens is 1. The molecule has 1 heterocycles. The predicted octanol–water partition coefficient (Wildman–Crippen LogP) is 3.22. The first-order valence-corrected chi connectivity index (χ1v) is 5.18. The predicted molar refractivity (Wildman–Crippen MR) is 55.4 cm³/mol. The van der Waals surface area contributed by atoms with E-state index in [0.29, 0.717) is 0 Å². The molecule has 1 aromatic heterocycles. The number of thiocarbonyl (C=S) groups is 1. The molecule has 0 saturated carbocycles. The van der Waals surface area contributed by atoms with Crippen molar-refractivity contribution >= 4 is 33.8 Å². The topological polar surface area (TPSA) is 25.2 Å². The molecule has 0 aliphatic heterocycles. The fourth-order valence-corrected chi connectivity index (χ4v) is 1.68. The van der Waals surface area contributed by atoms with Crippen molar-refractivity contribution in [1.29, 1.82) is 0 Å². The second-order valence-corrected chi connectivity index (χ2v) is 3.45. The molecule has 0 saturated heterocycles. The lowest BCUT2D eigenvalue weighted by Gasteiger charge is -1.89. The van der Waals surface area contributed by atoms with Crippen LogP contribution in [0.25, 0.3) is 0 Å². The summed E-state index contributed by atoms with van der Waals surface area (Å²) in [7, 11) is 0. The Morgan fingerprint density at radius 1 is 1.75 bits per heavy atom. The van der Waals surface area contributed by atoms with Gasteiger partial charge in [-0.1, -0.05) is 13.3 Å². The molecule has 12 heavy (non-hydrogen) atoms. The standard InChI is InChI=1S/C8H10N2S2/c1-2-3-4-7-5-12-8(10-7)9-6-11/h5H,2-4H2,1H3. The van der Waals surface area contributed by atoms with Gasteiger partial charge in [0.25, 0.3) is 0 Å². The smallest absolute Gasteiger partial charge is 0.218 e. The van der Waals surface area contributed by atoms with Gasteiger partial charge in [-0.05, 0) is 25.1 Å². The molecular weight excluding hydrogens is 188 g/mol. The number of unbranched alkanes of at least 4 members (excludes halogenated alkanes) is 1. The highest BCUT2D eigenvalue weighted by atomic mass is 32.1. The number of rotatable bonds is 4. The lowest BCUT2D eigenvalue weighted by atomic mass is 10.2. The molecule has 0 radical (unpaired) electrons. The van der Waals surface area contributed by atoms with Crippen LogP contribution in [-0.2, 0) is 6.42 Å². The van der Waals surface area contributed by atoms with Crippen LogP contribution in [0.15, 0.2) is 10.4 Å². The molecule has 0 N–H and O–H groups in total. The monoisotopic (exact) mass is 198 g/mol. The van der Waals surface area contributed by atoms with Crippen molar-refractivity contribution in [2.75, 3.05) is 0 Å². The van der Waals surface area contributed by atoms with Crippen LogP contribution in [0.4, 0.5) is 5.13 Å². The molecule has 0 aromatic carbocycles. The van der Waals surface area contributed by atoms with E-state index in [1.165, 1.54) is 24.2 Å². The van der Waals surface area contributed by atoms with Gasteiger partial charge in [-0.15, -0.1) is 11.3 Å². The maximum atomic E-state index is 4.48. The number of hydrogen-bond acceptors (Lipinski definition) is 4. The number of aliphatic imine (C=N–C) groups is 1. The van der Waals surface area contributed by atoms with Gasteiger partial charge in [0.1, 0.15) is 0 Å². The largest absolute Gasteiger partial charge is 0.223 e. The number of isothiocyanates is 1. The fraction of sp³-hybridized carbons (Fsp3) is 0.500. The third-order valence-corrected chi connectivity index (χ3v) is 2.34. The lowest BCUT2D eigenvalue weighted by molar-refractivity contribution is 0.781. The van der Waals surface area contributed by atoms with Crippen LogP contribution in [0.3, 0.4) is 0 Å². The molecule has 0 spiro atoms. The molecule has 0 fully saturated rings. The summed E-state index contributed by atoms with van der Waals surface area (Å²) in [6, 6.07) is 0. The van der Waals surface area contributed by atoms with E-state index in [0.717, 1.165) is 17.2 Å². The fourth-order valence-electron chi connectivity index (χ4n) is 0.859. The maximum Gasteiger partial charge on any atom is 0.218 e. The van der Waals surface area contributed by atoms with Gasteiger partial charge in [0.15, 0.2) is 0 Å². The molecule has 0 unspecified atom stereocenters. The van der Waals surface area contributed by atoms with E-state index >= 15 is 0 Å². The van der Waals surface area contributed by atoms with Gasteiger partial charge in [-0.25, -0.2) is 4.98 Å². The van der Waals surface area contributed by atoms with Crippen molar-refractivity contribution in [2.24, 2.45) is 4.99 Å². The van der Waals surface area contributed by atoms with Crippen molar-refractivity contribution in [2.45, 2.75) is 26.2 Å². The molecule has 0 bridgehead atoms. The Bertz CT molecular complexity index is 287. The SMILES string of the molecule is CCCCc1csc(N=C=S)n1. The normalized spacial score (nSPS) is 9.42. The number of hydrogen-bond donors (Lipinski definition) is 0. The van der Waals surface area contributed by atoms with Gasteiger partial charge >= 0.3 is 0 Å². The van der Waals surface area contributed by atoms with Crippen LogP contribution < -0.4 is 0 Å². The van der Waals surface area contributed by atoms with Crippen molar-refractivity contribution in [3.63, 3.8) is 0 Å². The maximum absolute atomic E-state index is 4.48. The quantitative estimate of drug-likeness (QED) is 0.548. The zero-order valence-corrected chi connectivity index (χ0v) is 8.54. The molecule has 0 aliphatic rings. The molecule has 0 atom stereocenters. The first kappa shape index (κ1) is 9.52. The highest BCUT2D eigenvalue weighted by Crippen LogP contribution is 2.18. The van der Waals surface area contributed by atoms with Crippen LogP contribution in [-0.4, -0.2) is 10.1 Å². The van der Waals surface area contributed by atoms with Crippen LogP contribution in [0.5, 0.6) is 0 Å². The average Bonchev–Trinajstić information content (AvgIpc) is 2.50. The molecule has 64 valence electrons. The van der Waals surface area contributed by atoms with Crippen LogP contribution >= 0.6 is 23.6 Å². The van der Waals surface area contributed by atoms with Crippen LogP contribution in [0.1, 0.15) is 25.5 Å². The molecule has 0 amide bonds. The summed E-state index contributed by atoms with van der Waals surface area (Å²) >= 11 is 6.00. The van der Waals surface area contributed by atoms with E-state index in [2.05, 4.69) is 34.3 Å². The minimum Gasteiger partial charge on any atom is -0.223 e. The highest BCUT2D eigenvalue weighted by molar-refractivity contribution is 7.78. The second kappa shape index (κ2) is 5.14. The Morgan fingerprint density at radius 3 is 3.25 bits per heavy atom. The van der Waals surface area contributed by atoms with Crippen molar-refractivity contribution in [3.05, 3.63) is 11.1 Å². The van der Waals surface area contributed by atoms with E-state index in [-0.39, 0.29) is 0 Å². The van der Waals surface area contributed by atoms with E-state index in [1.807, 2.05) is 5.38 Å². The zero-order valence-electron chi connectivity index (χ0n) is 6.91. The zero-order chi connectivity index (χ0) is 8.81. The van der Waals surface area contributed by atoms with Gasteiger partial charge in [-0.2, -0.15) is 4.99 Å². The summed E-state index contributed by atoms with van der Waals surface area (Å²) in [4.78, 5) is 8.07. The molecule has 1 aromatic rings. The minimum absolute atomic E-state index is 0.719. The Morgan fingerprint density at radius 2 is 2.58 bits per heavy atom. The number of nitrogens with zero attached hydrogens (tertiary/aromatic N) is 2. The Kier molecular flexibility index (Phi) is 4.08. The Hall–Kier alpha value is -0.570. The number of thiazole rings is 1. The first-order valence-electron chi connectivity index (χ1n) is 3.89. The summed E-state index contributed by atoms with van der Waals surface area (Å²) in [5.41, 5.74) is 1.12. The Balaban J connectivity index is 2.58. The van der Waals surface area contributed by atoms with Crippen molar-refractivity contribution in [1.82, 2.24) is 4.98 Å². The van der Waals surface area contributed by atoms with E-state index in [9.17, 15) is 0 Å². The minimum atomic E-state index is 0.719. The van der Waals surface area contributed by atoms with Gasteiger partial charge in [0, 0.05) is 5.38 Å². The van der Waals surface area contributed by atoms with Crippen LogP contribution in [0, 0.1) is 0 Å². The summed E-state index contributed by atoms with van der Waals surface area (Å²) in [6.45, 7) is 2.17. The molecule has 0 aliphatic carbocycles. The number of aryl methyl sites for hydroxylation is 1. The van der Waals surface area contributed by atoms with E-state index < -0.39 is 0 Å². The Labute approximate surface area is 81.4 Å². The summed E-state index contributed by atoms with van der Waals surface area (Å²) in [5.74, 6) is 0. The summed E-state index contributed by atoms with van der Waals surface area (Å²) in [5, 5.41) is 5.06. The third kappa shape index (κ3) is 2.81. The molecule has 1 rings (SSSR count). The average molecular weight is 198 g/mol. The summed E-state index contributed by atoms with van der Waals surface area (Å²) < 4.78 is 0. The third-order valence-electron chi connectivity index (χ3n) is 1.47. The van der Waals surface area contributed by atoms with Crippen LogP contribution in [0.2, 0.25) is 0 Å². The highest BCUT2D eigenvalue weighted by Gasteiger charge is 1.98. The summed E-state index contributed by atoms with van der Waals surface area (Å²) in [6.07, 6.45) is 3.42. The van der Waals surface area contributed by atoms with E-state index in [4.69, 9.17) is 0 Å². The lowest BCUT2D eigenvalue weighted by Crippen LogP contribution is -1.82. The van der Waals surface area contributed by atoms with Gasteiger partial charge in [0.05, 0.1) is 10.9 Å².